The van der Waals surface area contributed by atoms with Crippen LogP contribution in [0.4, 0.5) is 10.2 Å². The Morgan fingerprint density at radius 3 is 2.63 bits per heavy atom. The van der Waals surface area contributed by atoms with E-state index in [0.29, 0.717) is 19.3 Å². The summed E-state index contributed by atoms with van der Waals surface area (Å²) >= 11 is 0. The van der Waals surface area contributed by atoms with Gasteiger partial charge in [-0.25, -0.2) is 4.98 Å². The highest BCUT2D eigenvalue weighted by Crippen LogP contribution is 2.40. The van der Waals surface area contributed by atoms with Gasteiger partial charge in [-0.05, 0) is 19.3 Å². The van der Waals surface area contributed by atoms with Crippen LogP contribution in [0.5, 0.6) is 0 Å². The molecule has 2 N–H and O–H groups in total. The Labute approximate surface area is 222 Å². The van der Waals surface area contributed by atoms with Crippen LogP contribution in [0.15, 0.2) is 6.33 Å². The quantitative estimate of drug-likeness (QED) is 0.162. The zero-order chi connectivity index (χ0) is 27.7. The SMILES string of the molecule is C#C[C@]1(COC(=O)C(CCC)CCC)O[C@@H](n2cnc3c(N)nc(F)nc32)C[C@@H]1OC(=O)CCCCCC. The van der Waals surface area contributed by atoms with E-state index in [1.54, 1.807) is 0 Å². The normalized spacial score (nSPS) is 21.1. The molecule has 0 aliphatic carbocycles. The Kier molecular flexibility index (Phi) is 10.4. The number of carbonyl (C=O) groups is 2. The number of nitrogens with two attached hydrogens (primary N) is 1. The Balaban J connectivity index is 1.85. The van der Waals surface area contributed by atoms with E-state index in [1.807, 2.05) is 13.8 Å². The molecule has 38 heavy (non-hydrogen) atoms. The average Bonchev–Trinajstić information content (AvgIpc) is 3.47. The van der Waals surface area contributed by atoms with Crippen molar-refractivity contribution in [1.82, 2.24) is 19.5 Å². The van der Waals surface area contributed by atoms with E-state index in [-0.39, 0.29) is 48.3 Å². The molecular formula is C27H38FN5O5. The molecule has 0 saturated carbocycles. The van der Waals surface area contributed by atoms with Crippen molar-refractivity contribution in [1.29, 1.82) is 0 Å². The first-order chi connectivity index (χ1) is 18.3. The number of fused-ring (bicyclic) bond motifs is 1. The lowest BCUT2D eigenvalue weighted by molar-refractivity contribution is -0.169. The molecule has 208 valence electrons. The number of hydrogen-bond acceptors (Lipinski definition) is 9. The molecule has 3 heterocycles. The second-order valence-corrected chi connectivity index (χ2v) is 9.72. The summed E-state index contributed by atoms with van der Waals surface area (Å²) in [7, 11) is 0. The van der Waals surface area contributed by atoms with Gasteiger partial charge in [-0.15, -0.1) is 6.42 Å². The first-order valence-corrected chi connectivity index (χ1v) is 13.5. The number of ether oxygens (including phenoxy) is 3. The average molecular weight is 532 g/mol. The molecule has 0 bridgehead atoms. The summed E-state index contributed by atoms with van der Waals surface area (Å²) in [6, 6.07) is 0. The molecule has 1 fully saturated rings. The zero-order valence-electron chi connectivity index (χ0n) is 22.5. The first kappa shape index (κ1) is 29.3. The highest BCUT2D eigenvalue weighted by molar-refractivity contribution is 5.81. The molecule has 3 atom stereocenters. The summed E-state index contributed by atoms with van der Waals surface area (Å²) in [5.74, 6) is 1.44. The minimum atomic E-state index is -1.55. The van der Waals surface area contributed by atoms with Crippen LogP contribution in [0.2, 0.25) is 0 Å². The van der Waals surface area contributed by atoms with Crippen molar-refractivity contribution in [2.75, 3.05) is 12.3 Å². The van der Waals surface area contributed by atoms with Crippen molar-refractivity contribution < 1.29 is 28.2 Å². The van der Waals surface area contributed by atoms with Crippen LogP contribution in [0.3, 0.4) is 0 Å². The van der Waals surface area contributed by atoms with Gasteiger partial charge in [-0.3, -0.25) is 14.2 Å². The molecule has 11 heteroatoms. The minimum absolute atomic E-state index is 0.111. The lowest BCUT2D eigenvalue weighted by Gasteiger charge is -2.29. The lowest BCUT2D eigenvalue weighted by atomic mass is 9.97. The summed E-state index contributed by atoms with van der Waals surface area (Å²) in [6.07, 6.45) is 11.7. The zero-order valence-corrected chi connectivity index (χ0v) is 22.5. The third-order valence-corrected chi connectivity index (χ3v) is 6.80. The Hall–Kier alpha value is -3.26. The number of unbranched alkanes of at least 4 members (excludes halogenated alkanes) is 3. The number of imidazole rings is 1. The van der Waals surface area contributed by atoms with Gasteiger partial charge in [0.25, 0.3) is 0 Å². The van der Waals surface area contributed by atoms with Crippen LogP contribution in [-0.4, -0.2) is 49.8 Å². The third-order valence-electron chi connectivity index (χ3n) is 6.80. The van der Waals surface area contributed by atoms with Crippen LogP contribution in [0.25, 0.3) is 11.2 Å². The van der Waals surface area contributed by atoms with Crippen molar-refractivity contribution in [3.05, 3.63) is 12.4 Å². The maximum Gasteiger partial charge on any atom is 0.312 e. The Morgan fingerprint density at radius 1 is 1.24 bits per heavy atom. The van der Waals surface area contributed by atoms with Crippen LogP contribution >= 0.6 is 0 Å². The van der Waals surface area contributed by atoms with E-state index >= 15 is 0 Å². The number of carbonyl (C=O) groups excluding carboxylic acids is 2. The fourth-order valence-corrected chi connectivity index (χ4v) is 4.76. The topological polar surface area (TPSA) is 131 Å². The number of nitrogen functional groups attached to an aromatic ring is 1. The summed E-state index contributed by atoms with van der Waals surface area (Å²) in [6.45, 7) is 5.81. The number of anilines is 1. The van der Waals surface area contributed by atoms with Crippen molar-refractivity contribution in [2.24, 2.45) is 5.92 Å². The van der Waals surface area contributed by atoms with E-state index in [1.165, 1.54) is 10.9 Å². The maximum atomic E-state index is 13.9. The van der Waals surface area contributed by atoms with Crippen LogP contribution < -0.4 is 5.73 Å². The summed E-state index contributed by atoms with van der Waals surface area (Å²) in [5, 5.41) is 0. The van der Waals surface area contributed by atoms with E-state index in [4.69, 9.17) is 26.4 Å². The second-order valence-electron chi connectivity index (χ2n) is 9.72. The molecular weight excluding hydrogens is 493 g/mol. The number of hydrogen-bond donors (Lipinski definition) is 1. The molecule has 10 nitrogen and oxygen atoms in total. The second kappa shape index (κ2) is 13.5. The fourth-order valence-electron chi connectivity index (χ4n) is 4.76. The Bertz CT molecular complexity index is 1140. The van der Waals surface area contributed by atoms with Crippen LogP contribution in [0.1, 0.15) is 91.2 Å². The van der Waals surface area contributed by atoms with Crippen molar-refractivity contribution >= 4 is 28.9 Å². The molecule has 0 unspecified atom stereocenters. The highest BCUT2D eigenvalue weighted by Gasteiger charge is 2.52. The van der Waals surface area contributed by atoms with Gasteiger partial charge in [-0.2, -0.15) is 14.4 Å². The van der Waals surface area contributed by atoms with Gasteiger partial charge in [0.1, 0.15) is 18.9 Å². The molecule has 2 aromatic heterocycles. The smallest absolute Gasteiger partial charge is 0.312 e. The predicted molar refractivity (Wildman–Crippen MR) is 139 cm³/mol. The lowest BCUT2D eigenvalue weighted by Crippen LogP contribution is -2.46. The Morgan fingerprint density at radius 2 is 1.97 bits per heavy atom. The number of nitrogens with zero attached hydrogens (tertiary/aromatic N) is 4. The van der Waals surface area contributed by atoms with Gasteiger partial charge in [0.15, 0.2) is 17.0 Å². The van der Waals surface area contributed by atoms with Gasteiger partial charge in [0, 0.05) is 12.8 Å². The van der Waals surface area contributed by atoms with Crippen molar-refractivity contribution in [2.45, 2.75) is 103 Å². The molecule has 3 rings (SSSR count). The minimum Gasteiger partial charge on any atom is -0.461 e. The summed E-state index contributed by atoms with van der Waals surface area (Å²) in [4.78, 5) is 37.1. The summed E-state index contributed by atoms with van der Waals surface area (Å²) in [5.41, 5.74) is 4.57. The van der Waals surface area contributed by atoms with E-state index in [9.17, 15) is 14.0 Å². The van der Waals surface area contributed by atoms with Gasteiger partial charge >= 0.3 is 18.0 Å². The van der Waals surface area contributed by atoms with Crippen molar-refractivity contribution in [3.8, 4) is 12.3 Å². The molecule has 1 aliphatic rings. The molecule has 1 aliphatic heterocycles. The monoisotopic (exact) mass is 531 g/mol. The maximum absolute atomic E-state index is 13.9. The third kappa shape index (κ3) is 6.78. The molecule has 1 saturated heterocycles. The molecule has 0 amide bonds. The van der Waals surface area contributed by atoms with Crippen molar-refractivity contribution in [3.63, 3.8) is 0 Å². The molecule has 0 radical (unpaired) electrons. The number of rotatable bonds is 14. The van der Waals surface area contributed by atoms with E-state index in [2.05, 4.69) is 27.8 Å². The van der Waals surface area contributed by atoms with Crippen LogP contribution in [-0.2, 0) is 23.8 Å². The first-order valence-electron chi connectivity index (χ1n) is 13.5. The number of aromatic nitrogens is 4. The molecule has 0 aromatic carbocycles. The van der Waals surface area contributed by atoms with Gasteiger partial charge in [0.05, 0.1) is 12.2 Å². The van der Waals surface area contributed by atoms with E-state index in [0.717, 1.165) is 32.1 Å². The highest BCUT2D eigenvalue weighted by atomic mass is 19.1. The standard InChI is InChI=1S/C27H38FN5O5/c1-5-9-10-11-14-21(34)37-19-15-20(33-17-30-22-23(29)31-26(28)32-24(22)33)38-27(19,8-4)16-36-25(35)18(12-6-2)13-7-3/h4,17-20H,5-7,9-16H2,1-3H3,(H2,29,31,32)/t19-,20+,27+/m0/s1. The number of terminal acetylenes is 1. The predicted octanol–water partition coefficient (Wildman–Crippen LogP) is 4.48. The summed E-state index contributed by atoms with van der Waals surface area (Å²) < 4.78 is 33.2. The van der Waals surface area contributed by atoms with Gasteiger partial charge in [-0.1, -0.05) is 58.8 Å². The largest absolute Gasteiger partial charge is 0.461 e. The number of halogens is 1. The van der Waals surface area contributed by atoms with Crippen LogP contribution in [0, 0.1) is 24.3 Å². The molecule has 0 spiro atoms. The fraction of sp³-hybridized carbons (Fsp3) is 0.667. The number of esters is 2. The van der Waals surface area contributed by atoms with Gasteiger partial charge in [0.2, 0.25) is 5.60 Å². The van der Waals surface area contributed by atoms with Gasteiger partial charge < -0.3 is 19.9 Å². The molecule has 2 aromatic rings. The van der Waals surface area contributed by atoms with E-state index < -0.39 is 30.0 Å².